The van der Waals surface area contributed by atoms with Crippen LogP contribution in [-0.2, 0) is 11.0 Å². The lowest BCUT2D eigenvalue weighted by Gasteiger charge is -2.30. The minimum Gasteiger partial charge on any atom is -0.476 e. The number of fused-ring (bicyclic) bond motifs is 1. The third-order valence-electron chi connectivity index (χ3n) is 5.85. The number of para-hydroxylation sites is 1. The van der Waals surface area contributed by atoms with E-state index >= 15 is 0 Å². The normalized spacial score (nSPS) is 18.7. The van der Waals surface area contributed by atoms with Crippen molar-refractivity contribution in [2.75, 3.05) is 24.7 Å². The second-order valence-electron chi connectivity index (χ2n) is 7.90. The van der Waals surface area contributed by atoms with Crippen LogP contribution in [0, 0.1) is 0 Å². The molecule has 1 aliphatic heterocycles. The zero-order valence-electron chi connectivity index (χ0n) is 18.9. The van der Waals surface area contributed by atoms with Crippen molar-refractivity contribution >= 4 is 51.4 Å². The highest BCUT2D eigenvalue weighted by Crippen LogP contribution is 2.42. The van der Waals surface area contributed by atoms with Gasteiger partial charge in [-0.15, -0.1) is 23.1 Å². The van der Waals surface area contributed by atoms with E-state index in [4.69, 9.17) is 0 Å². The second kappa shape index (κ2) is 10.4. The first-order chi connectivity index (χ1) is 15.9. The van der Waals surface area contributed by atoms with Gasteiger partial charge in [-0.1, -0.05) is 38.0 Å². The molecular formula is C24H27N3O3S3. The van der Waals surface area contributed by atoms with Gasteiger partial charge in [-0.2, -0.15) is 0 Å². The smallest absolute Gasteiger partial charge is 0.365 e. The molecule has 174 valence electrons. The fourth-order valence-corrected chi connectivity index (χ4v) is 6.63. The van der Waals surface area contributed by atoms with Crippen LogP contribution in [0.4, 0.5) is 11.4 Å². The van der Waals surface area contributed by atoms with Gasteiger partial charge in [0.1, 0.15) is 11.0 Å². The summed E-state index contributed by atoms with van der Waals surface area (Å²) in [6.07, 6.45) is 5.12. The first-order valence-corrected chi connectivity index (χ1v) is 14.0. The molecule has 0 radical (unpaired) electrons. The largest absolute Gasteiger partial charge is 0.476 e. The zero-order chi connectivity index (χ0) is 23.5. The lowest BCUT2D eigenvalue weighted by molar-refractivity contribution is 0.0696. The highest BCUT2D eigenvalue weighted by Gasteiger charge is 2.32. The van der Waals surface area contributed by atoms with Crippen LogP contribution in [0.25, 0.3) is 11.3 Å². The van der Waals surface area contributed by atoms with Crippen molar-refractivity contribution in [3.05, 3.63) is 52.9 Å². The Kier molecular flexibility index (Phi) is 7.53. The lowest BCUT2D eigenvalue weighted by Crippen LogP contribution is -2.38. The summed E-state index contributed by atoms with van der Waals surface area (Å²) in [6.45, 7) is 2.92. The quantitative estimate of drug-likeness (QED) is 0.407. The van der Waals surface area contributed by atoms with Crippen LogP contribution in [0.3, 0.4) is 0 Å². The van der Waals surface area contributed by atoms with Crippen LogP contribution in [0.1, 0.15) is 36.0 Å². The molecule has 0 spiro atoms. The van der Waals surface area contributed by atoms with E-state index in [9.17, 15) is 14.1 Å². The number of benzene rings is 2. The molecule has 2 unspecified atom stereocenters. The summed E-state index contributed by atoms with van der Waals surface area (Å²) in [5, 5.41) is 11.1. The molecule has 0 amide bonds. The van der Waals surface area contributed by atoms with Crippen molar-refractivity contribution in [1.29, 1.82) is 0 Å². The number of likely N-dealkylation sites (N-methyl/N-ethyl adjacent to an activating group) is 1. The molecule has 2 aromatic carbocycles. The van der Waals surface area contributed by atoms with E-state index in [1.807, 2.05) is 41.9 Å². The third-order valence-corrected chi connectivity index (χ3v) is 8.98. The van der Waals surface area contributed by atoms with E-state index in [0.717, 1.165) is 63.9 Å². The number of carboxylic acid groups (broad SMARTS) is 1. The maximum atomic E-state index is 13.8. The average Bonchev–Trinajstić information content (AvgIpc) is 3.30. The highest BCUT2D eigenvalue weighted by molar-refractivity contribution is 7.98. The minimum atomic E-state index is -1.36. The van der Waals surface area contributed by atoms with Gasteiger partial charge in [0.25, 0.3) is 0 Å². The molecule has 2 heterocycles. The van der Waals surface area contributed by atoms with Crippen molar-refractivity contribution in [2.45, 2.75) is 42.0 Å². The van der Waals surface area contributed by atoms with Crippen LogP contribution >= 0.6 is 23.1 Å². The average molecular weight is 502 g/mol. The van der Waals surface area contributed by atoms with Crippen molar-refractivity contribution in [3.63, 3.8) is 0 Å². The molecule has 0 saturated carbocycles. The van der Waals surface area contributed by atoms with Gasteiger partial charge in [0.05, 0.1) is 16.3 Å². The first kappa shape index (κ1) is 23.9. The first-order valence-electron chi connectivity index (χ1n) is 10.8. The molecule has 0 aliphatic carbocycles. The second-order valence-corrected chi connectivity index (χ2v) is 11.1. The Morgan fingerprint density at radius 2 is 2.06 bits per heavy atom. The molecule has 2 atom stereocenters. The highest BCUT2D eigenvalue weighted by atomic mass is 32.2. The molecular weight excluding hydrogens is 474 g/mol. The van der Waals surface area contributed by atoms with Crippen LogP contribution < -0.4 is 4.90 Å². The molecule has 0 saturated heterocycles. The fourth-order valence-electron chi connectivity index (χ4n) is 4.04. The Hall–Kier alpha value is -2.20. The predicted octanol–water partition coefficient (Wildman–Crippen LogP) is 5.90. The molecule has 33 heavy (non-hydrogen) atoms. The summed E-state index contributed by atoms with van der Waals surface area (Å²) < 4.78 is 15.8. The van der Waals surface area contributed by atoms with Crippen LogP contribution in [0.5, 0.6) is 0 Å². The lowest BCUT2D eigenvalue weighted by atomic mass is 10.1. The monoisotopic (exact) mass is 501 g/mol. The summed E-state index contributed by atoms with van der Waals surface area (Å²) in [6, 6.07) is 14.4. The molecule has 3 aromatic rings. The van der Waals surface area contributed by atoms with Crippen LogP contribution in [0.15, 0.2) is 57.6 Å². The molecule has 0 bridgehead atoms. The van der Waals surface area contributed by atoms with Gasteiger partial charge in [0.15, 0.2) is 0 Å². The van der Waals surface area contributed by atoms with Gasteiger partial charge >= 0.3 is 5.97 Å². The summed E-state index contributed by atoms with van der Waals surface area (Å²) in [5.74, 6) is -1.04. The van der Waals surface area contributed by atoms with Crippen molar-refractivity contribution in [3.8, 4) is 11.3 Å². The Bertz CT molecular complexity index is 1170. The SMILES string of the molecule is CCCCC1CN(c2ccccc2)c2cc(SC)c(-c3csc(C(=O)O)n3)cc2S(=O)N1C. The van der Waals surface area contributed by atoms with E-state index in [-0.39, 0.29) is 11.0 Å². The number of aromatic nitrogens is 1. The summed E-state index contributed by atoms with van der Waals surface area (Å²) in [4.78, 5) is 19.7. The van der Waals surface area contributed by atoms with E-state index in [1.165, 1.54) is 0 Å². The van der Waals surface area contributed by atoms with E-state index < -0.39 is 17.0 Å². The molecule has 1 aliphatic rings. The van der Waals surface area contributed by atoms with E-state index in [2.05, 4.69) is 35.0 Å². The summed E-state index contributed by atoms with van der Waals surface area (Å²) in [5.41, 5.74) is 3.40. The number of thioether (sulfide) groups is 1. The number of nitrogens with zero attached hydrogens (tertiary/aromatic N) is 3. The molecule has 0 fully saturated rings. The fraction of sp³-hybridized carbons (Fsp3) is 0.333. The number of anilines is 2. The molecule has 9 heteroatoms. The molecule has 1 aromatic heterocycles. The van der Waals surface area contributed by atoms with Crippen molar-refractivity contribution in [2.24, 2.45) is 0 Å². The maximum absolute atomic E-state index is 13.8. The third kappa shape index (κ3) is 4.87. The Morgan fingerprint density at radius 1 is 1.30 bits per heavy atom. The van der Waals surface area contributed by atoms with Gasteiger partial charge in [0, 0.05) is 41.2 Å². The van der Waals surface area contributed by atoms with Gasteiger partial charge < -0.3 is 10.0 Å². The van der Waals surface area contributed by atoms with Crippen LogP contribution in [-0.4, -0.2) is 50.5 Å². The van der Waals surface area contributed by atoms with Crippen LogP contribution in [0.2, 0.25) is 0 Å². The number of unbranched alkanes of at least 4 members (excludes halogenated alkanes) is 1. The Balaban J connectivity index is 1.89. The molecule has 1 N–H and O–H groups in total. The van der Waals surface area contributed by atoms with E-state index in [0.29, 0.717) is 5.69 Å². The number of hydrogen-bond donors (Lipinski definition) is 1. The molecule has 6 nitrogen and oxygen atoms in total. The van der Waals surface area contributed by atoms with Gasteiger partial charge in [-0.25, -0.2) is 18.3 Å². The number of hydrogen-bond acceptors (Lipinski definition) is 6. The Labute approximate surface area is 205 Å². The summed E-state index contributed by atoms with van der Waals surface area (Å²) >= 11 is 2.68. The maximum Gasteiger partial charge on any atom is 0.365 e. The topological polar surface area (TPSA) is 73.7 Å². The standard InChI is InChI=1S/C24H27N3O3S3/c1-4-5-9-17-14-27(16-10-7-6-8-11-16)20-13-21(31-3)18(12-22(20)33(30)26(17)2)19-15-32-23(25-19)24(28)29/h6-8,10-13,15,17H,4-5,9,14H2,1-3H3,(H,28,29). The number of thiazole rings is 1. The minimum absolute atomic E-state index is 0.0516. The van der Waals surface area contributed by atoms with Crippen molar-refractivity contribution < 1.29 is 14.1 Å². The summed E-state index contributed by atoms with van der Waals surface area (Å²) in [7, 11) is 0.573. The Morgan fingerprint density at radius 3 is 2.70 bits per heavy atom. The number of carbonyl (C=O) groups is 1. The number of rotatable bonds is 7. The van der Waals surface area contributed by atoms with E-state index in [1.54, 1.807) is 17.1 Å². The molecule has 4 rings (SSSR count). The van der Waals surface area contributed by atoms with Gasteiger partial charge in [-0.05, 0) is 36.9 Å². The number of aromatic carboxylic acids is 1. The predicted molar refractivity (Wildman–Crippen MR) is 137 cm³/mol. The number of carboxylic acids is 1. The van der Waals surface area contributed by atoms with Gasteiger partial charge in [0.2, 0.25) is 5.01 Å². The zero-order valence-corrected chi connectivity index (χ0v) is 21.3. The van der Waals surface area contributed by atoms with Crippen molar-refractivity contribution in [1.82, 2.24) is 9.29 Å². The van der Waals surface area contributed by atoms with Gasteiger partial charge in [-0.3, -0.25) is 0 Å².